The third-order valence-corrected chi connectivity index (χ3v) is 4.01. The molecule has 0 bridgehead atoms. The maximum Gasteiger partial charge on any atom is 0.191 e. The van der Waals surface area contributed by atoms with Crippen LogP contribution in [0.4, 0.5) is 0 Å². The number of morpholine rings is 1. The first-order valence-electron chi connectivity index (χ1n) is 8.04. The van der Waals surface area contributed by atoms with Crippen molar-refractivity contribution in [3.05, 3.63) is 0 Å². The molecule has 0 aromatic heterocycles. The van der Waals surface area contributed by atoms with Crippen LogP contribution in [0, 0.1) is 11.8 Å². The predicted molar refractivity (Wildman–Crippen MR) is 98.5 cm³/mol. The van der Waals surface area contributed by atoms with Gasteiger partial charge in [-0.15, -0.1) is 24.0 Å². The summed E-state index contributed by atoms with van der Waals surface area (Å²) in [6.07, 6.45) is 1.27. The molecule has 2 N–H and O–H groups in total. The average Bonchev–Trinajstić information content (AvgIpc) is 3.13. The first-order chi connectivity index (χ1) is 9.69. The summed E-state index contributed by atoms with van der Waals surface area (Å²) in [5, 5.41) is 6.84. The smallest absolute Gasteiger partial charge is 0.191 e. The summed E-state index contributed by atoms with van der Waals surface area (Å²) >= 11 is 0. The summed E-state index contributed by atoms with van der Waals surface area (Å²) in [6, 6.07) is 0.627. The van der Waals surface area contributed by atoms with Gasteiger partial charge in [0.2, 0.25) is 0 Å². The van der Waals surface area contributed by atoms with Crippen molar-refractivity contribution in [1.82, 2.24) is 15.5 Å². The van der Waals surface area contributed by atoms with E-state index in [0.29, 0.717) is 12.0 Å². The lowest BCUT2D eigenvalue weighted by atomic mass is 10.1. The number of halogens is 1. The minimum Gasteiger partial charge on any atom is -0.379 e. The Morgan fingerprint density at radius 3 is 2.62 bits per heavy atom. The molecule has 0 aromatic carbocycles. The van der Waals surface area contributed by atoms with Crippen molar-refractivity contribution in [2.75, 3.05) is 45.9 Å². The Balaban J connectivity index is 0.00000220. The highest BCUT2D eigenvalue weighted by atomic mass is 127. The van der Waals surface area contributed by atoms with Gasteiger partial charge in [-0.1, -0.05) is 13.8 Å². The summed E-state index contributed by atoms with van der Waals surface area (Å²) in [5.74, 6) is 2.36. The lowest BCUT2D eigenvalue weighted by molar-refractivity contribution is 0.0323. The fraction of sp³-hybridized carbons (Fsp3) is 0.933. The summed E-state index contributed by atoms with van der Waals surface area (Å²) in [6.45, 7) is 13.5. The molecule has 1 aliphatic carbocycles. The van der Waals surface area contributed by atoms with Gasteiger partial charge in [-0.25, -0.2) is 0 Å². The number of aliphatic imine (C=N–C) groups is 1. The van der Waals surface area contributed by atoms with Crippen LogP contribution < -0.4 is 10.6 Å². The molecular weight excluding hydrogens is 379 g/mol. The fourth-order valence-corrected chi connectivity index (χ4v) is 2.55. The molecule has 0 spiro atoms. The van der Waals surface area contributed by atoms with Crippen LogP contribution in [0.25, 0.3) is 0 Å². The van der Waals surface area contributed by atoms with Crippen LogP contribution in [0.5, 0.6) is 0 Å². The summed E-state index contributed by atoms with van der Waals surface area (Å²) in [5.41, 5.74) is 0. The highest BCUT2D eigenvalue weighted by Crippen LogP contribution is 2.28. The van der Waals surface area contributed by atoms with Crippen molar-refractivity contribution in [3.63, 3.8) is 0 Å². The largest absolute Gasteiger partial charge is 0.379 e. The van der Waals surface area contributed by atoms with Gasteiger partial charge in [0, 0.05) is 38.8 Å². The zero-order chi connectivity index (χ0) is 14.4. The van der Waals surface area contributed by atoms with E-state index in [9.17, 15) is 0 Å². The zero-order valence-electron chi connectivity index (χ0n) is 13.6. The molecule has 124 valence electrons. The van der Waals surface area contributed by atoms with Crippen LogP contribution in [0.2, 0.25) is 0 Å². The van der Waals surface area contributed by atoms with Crippen molar-refractivity contribution in [1.29, 1.82) is 0 Å². The lowest BCUT2D eigenvalue weighted by Crippen LogP contribution is -2.41. The molecular formula is C15H31IN4O. The first kappa shape index (κ1) is 19.0. The maximum absolute atomic E-state index is 5.38. The first-order valence-corrected chi connectivity index (χ1v) is 8.04. The molecule has 2 aliphatic rings. The highest BCUT2D eigenvalue weighted by molar-refractivity contribution is 14.0. The second-order valence-electron chi connectivity index (χ2n) is 6.20. The number of nitrogens with one attached hydrogen (secondary N) is 2. The van der Waals surface area contributed by atoms with Crippen LogP contribution in [-0.4, -0.2) is 62.8 Å². The Labute approximate surface area is 146 Å². The van der Waals surface area contributed by atoms with Gasteiger partial charge in [-0.05, 0) is 25.2 Å². The summed E-state index contributed by atoms with van der Waals surface area (Å²) in [7, 11) is 0. The standard InChI is InChI=1S/C15H30N4O.HI/c1-4-16-15(18-14-9-13(14)3)17-10-12(2)11-19-5-7-20-8-6-19;/h12-14H,4-11H2,1-3H3,(H2,16,17,18);1H. The number of guanidine groups is 1. The van der Waals surface area contributed by atoms with E-state index in [2.05, 4.69) is 36.3 Å². The van der Waals surface area contributed by atoms with E-state index in [4.69, 9.17) is 9.73 Å². The highest BCUT2D eigenvalue weighted by Gasteiger charge is 2.33. The predicted octanol–water partition coefficient (Wildman–Crippen LogP) is 1.54. The fourth-order valence-electron chi connectivity index (χ4n) is 2.55. The molecule has 1 heterocycles. The van der Waals surface area contributed by atoms with E-state index in [-0.39, 0.29) is 24.0 Å². The number of ether oxygens (including phenoxy) is 1. The SMILES string of the molecule is CCNC(=NCC(C)CN1CCOCC1)NC1CC1C.I. The van der Waals surface area contributed by atoms with E-state index < -0.39 is 0 Å². The zero-order valence-corrected chi connectivity index (χ0v) is 15.9. The molecule has 5 nitrogen and oxygen atoms in total. The number of hydrogen-bond donors (Lipinski definition) is 2. The Morgan fingerprint density at radius 1 is 1.38 bits per heavy atom. The second-order valence-corrected chi connectivity index (χ2v) is 6.20. The number of rotatable bonds is 6. The lowest BCUT2D eigenvalue weighted by Gasteiger charge is -2.28. The normalized spacial score (nSPS) is 27.7. The Bertz CT molecular complexity index is 321. The van der Waals surface area contributed by atoms with E-state index in [1.54, 1.807) is 0 Å². The molecule has 1 aliphatic heterocycles. The molecule has 2 rings (SSSR count). The third kappa shape index (κ3) is 7.15. The van der Waals surface area contributed by atoms with Crippen LogP contribution in [0.15, 0.2) is 4.99 Å². The van der Waals surface area contributed by atoms with Crippen molar-refractivity contribution < 1.29 is 4.74 Å². The Morgan fingerprint density at radius 2 is 2.05 bits per heavy atom. The van der Waals surface area contributed by atoms with Gasteiger partial charge >= 0.3 is 0 Å². The monoisotopic (exact) mass is 410 g/mol. The van der Waals surface area contributed by atoms with Gasteiger partial charge in [0.1, 0.15) is 0 Å². The van der Waals surface area contributed by atoms with E-state index in [1.165, 1.54) is 6.42 Å². The maximum atomic E-state index is 5.38. The average molecular weight is 410 g/mol. The quantitative estimate of drug-likeness (QED) is 0.396. The molecule has 0 aromatic rings. The Hall–Kier alpha value is -0.0800. The van der Waals surface area contributed by atoms with Gasteiger partial charge in [0.25, 0.3) is 0 Å². The third-order valence-electron chi connectivity index (χ3n) is 4.01. The molecule has 3 atom stereocenters. The molecule has 3 unspecified atom stereocenters. The van der Waals surface area contributed by atoms with Crippen molar-refractivity contribution in [3.8, 4) is 0 Å². The van der Waals surface area contributed by atoms with Crippen LogP contribution in [-0.2, 0) is 4.74 Å². The van der Waals surface area contributed by atoms with Crippen LogP contribution in [0.1, 0.15) is 27.2 Å². The minimum absolute atomic E-state index is 0. The van der Waals surface area contributed by atoms with Crippen LogP contribution >= 0.6 is 24.0 Å². The molecule has 0 amide bonds. The molecule has 0 radical (unpaired) electrons. The Kier molecular flexibility index (Phi) is 8.89. The van der Waals surface area contributed by atoms with Gasteiger partial charge in [-0.3, -0.25) is 9.89 Å². The summed E-state index contributed by atoms with van der Waals surface area (Å²) < 4.78 is 5.38. The molecule has 2 fully saturated rings. The molecule has 1 saturated heterocycles. The van der Waals surface area contributed by atoms with Gasteiger partial charge in [0.15, 0.2) is 5.96 Å². The van der Waals surface area contributed by atoms with Gasteiger partial charge < -0.3 is 15.4 Å². The topological polar surface area (TPSA) is 48.9 Å². The van der Waals surface area contributed by atoms with Crippen molar-refractivity contribution in [2.45, 2.75) is 33.2 Å². The number of hydrogen-bond acceptors (Lipinski definition) is 3. The minimum atomic E-state index is 0. The van der Waals surface area contributed by atoms with Crippen molar-refractivity contribution >= 4 is 29.9 Å². The van der Waals surface area contributed by atoms with Crippen molar-refractivity contribution in [2.24, 2.45) is 16.8 Å². The number of nitrogens with zero attached hydrogens (tertiary/aromatic N) is 2. The van der Waals surface area contributed by atoms with Crippen LogP contribution in [0.3, 0.4) is 0 Å². The second kappa shape index (κ2) is 9.84. The van der Waals surface area contributed by atoms with Gasteiger partial charge in [-0.2, -0.15) is 0 Å². The molecule has 6 heteroatoms. The van der Waals surface area contributed by atoms with Gasteiger partial charge in [0.05, 0.1) is 13.2 Å². The van der Waals surface area contributed by atoms with E-state index in [0.717, 1.165) is 57.8 Å². The van der Waals surface area contributed by atoms with E-state index >= 15 is 0 Å². The molecule has 21 heavy (non-hydrogen) atoms. The van der Waals surface area contributed by atoms with E-state index in [1.807, 2.05) is 0 Å². The summed E-state index contributed by atoms with van der Waals surface area (Å²) in [4.78, 5) is 7.21. The molecule has 1 saturated carbocycles.